The molecule has 0 atom stereocenters. The Balaban J connectivity index is 0.000000195. The van der Waals surface area contributed by atoms with Gasteiger partial charge in [-0.3, -0.25) is 0 Å². The van der Waals surface area contributed by atoms with Gasteiger partial charge in [-0.1, -0.05) is 66.1 Å². The molecule has 3 aromatic heterocycles. The molecule has 0 spiro atoms. The zero-order valence-corrected chi connectivity index (χ0v) is 27.5. The third-order valence-electron chi connectivity index (χ3n) is 7.25. The molecule has 3 aromatic carbocycles. The summed E-state index contributed by atoms with van der Waals surface area (Å²) in [5.41, 5.74) is 6.87. The third kappa shape index (κ3) is 6.03. The average molecular weight is 733 g/mol. The zero-order chi connectivity index (χ0) is 27.0. The van der Waals surface area contributed by atoms with Crippen LogP contribution in [-0.2, 0) is 20.1 Å². The van der Waals surface area contributed by atoms with Gasteiger partial charge < -0.3 is 9.97 Å². The van der Waals surface area contributed by atoms with Gasteiger partial charge in [0, 0.05) is 37.2 Å². The number of aryl methyl sites for hydroxylation is 1. The van der Waals surface area contributed by atoms with E-state index >= 15 is 0 Å². The number of rotatable bonds is 4. The number of hydrogen-bond donors (Lipinski definition) is 0. The normalized spacial score (nSPS) is 13.0. The predicted molar refractivity (Wildman–Crippen MR) is 170 cm³/mol. The summed E-state index contributed by atoms with van der Waals surface area (Å²) in [5, 5.41) is 4.38. The molecule has 0 bridgehead atoms. The van der Waals surface area contributed by atoms with Gasteiger partial charge in [-0.15, -0.1) is 59.7 Å². The molecule has 0 amide bonds. The van der Waals surface area contributed by atoms with Gasteiger partial charge in [-0.05, 0) is 64.9 Å². The molecule has 0 saturated heterocycles. The van der Waals surface area contributed by atoms with Crippen molar-refractivity contribution in [3.63, 3.8) is 0 Å². The molecule has 2 nitrogen and oxygen atoms in total. The Bertz CT molecular complexity index is 1750. The van der Waals surface area contributed by atoms with Crippen LogP contribution in [0.5, 0.6) is 0 Å². The number of benzene rings is 3. The number of aromatic nitrogens is 2. The number of thiophene rings is 1. The predicted octanol–water partition coefficient (Wildman–Crippen LogP) is 9.19. The van der Waals surface area contributed by atoms with Crippen LogP contribution in [0.2, 0.25) is 19.6 Å². The van der Waals surface area contributed by atoms with Crippen LogP contribution in [0.15, 0.2) is 91.3 Å². The SMILES string of the molecule is C[Si](C)(C)c1cccc2sc3c(-c4cc(C5CC5)ccn4)[c-]ccc3c12.Cc1ccc(-c2[c-]cccc2)nc1.[Ir]. The standard InChI is InChI=1S/C23H22NSSi.C12H10N.Ir/c1-26(2,3)21-9-5-8-20-22(21)18-7-4-6-17(23(18)25-20)19-14-16(12-13-24-19)15-10-11-15;1-10-7-8-12(13-9-10)11-5-3-2-4-6-11;/h4-5,7-9,12-15H,10-11H2,1-3H3;2-5,7-9H,1H3;/q2*-1;. The van der Waals surface area contributed by atoms with Crippen molar-refractivity contribution < 1.29 is 20.1 Å². The van der Waals surface area contributed by atoms with Crippen molar-refractivity contribution in [3.8, 4) is 22.5 Å². The fourth-order valence-corrected chi connectivity index (χ4v) is 7.98. The molecule has 1 aliphatic rings. The van der Waals surface area contributed by atoms with Gasteiger partial charge in [-0.25, -0.2) is 0 Å². The number of fused-ring (bicyclic) bond motifs is 3. The number of nitrogens with zero attached hydrogens (tertiary/aromatic N) is 2. The smallest absolute Gasteiger partial charge is 0.0783 e. The second-order valence-corrected chi connectivity index (χ2v) is 17.5. The monoisotopic (exact) mass is 733 g/mol. The van der Waals surface area contributed by atoms with E-state index in [-0.39, 0.29) is 20.1 Å². The molecular weight excluding hydrogens is 701 g/mol. The van der Waals surface area contributed by atoms with Crippen LogP contribution < -0.4 is 5.19 Å². The van der Waals surface area contributed by atoms with Gasteiger partial charge in [0.25, 0.3) is 0 Å². The van der Waals surface area contributed by atoms with Crippen LogP contribution in [0.1, 0.15) is 29.9 Å². The molecule has 1 aliphatic carbocycles. The molecule has 203 valence electrons. The van der Waals surface area contributed by atoms with Crippen LogP contribution in [0.25, 0.3) is 42.7 Å². The molecule has 0 unspecified atom stereocenters. The van der Waals surface area contributed by atoms with Gasteiger partial charge in [0.05, 0.1) is 8.07 Å². The summed E-state index contributed by atoms with van der Waals surface area (Å²) in [6, 6.07) is 34.2. The molecule has 5 heteroatoms. The minimum absolute atomic E-state index is 0. The molecule has 7 rings (SSSR count). The molecule has 0 N–H and O–H groups in total. The fourth-order valence-electron chi connectivity index (χ4n) is 5.04. The second kappa shape index (κ2) is 11.9. The molecule has 40 heavy (non-hydrogen) atoms. The molecule has 3 heterocycles. The van der Waals surface area contributed by atoms with E-state index in [1.165, 1.54) is 44.1 Å². The van der Waals surface area contributed by atoms with Crippen LogP contribution in [-0.4, -0.2) is 18.0 Å². The Kier molecular flexibility index (Phi) is 8.49. The van der Waals surface area contributed by atoms with Gasteiger partial charge >= 0.3 is 0 Å². The van der Waals surface area contributed by atoms with E-state index in [1.807, 2.05) is 61.0 Å². The largest absolute Gasteiger partial charge is 0.305 e. The Morgan fingerprint density at radius 3 is 2.40 bits per heavy atom. The first kappa shape index (κ1) is 28.6. The average Bonchev–Trinajstić information content (AvgIpc) is 3.74. The van der Waals surface area contributed by atoms with E-state index in [9.17, 15) is 0 Å². The maximum atomic E-state index is 4.70. The van der Waals surface area contributed by atoms with E-state index in [1.54, 1.807) is 5.19 Å². The fraction of sp³-hybridized carbons (Fsp3) is 0.200. The first-order valence-corrected chi connectivity index (χ1v) is 17.9. The van der Waals surface area contributed by atoms with Crippen LogP contribution in [0.3, 0.4) is 0 Å². The summed E-state index contributed by atoms with van der Waals surface area (Å²) >= 11 is 1.89. The van der Waals surface area contributed by atoms with Gasteiger partial charge in [0.1, 0.15) is 0 Å². The van der Waals surface area contributed by atoms with Crippen molar-refractivity contribution in [2.45, 2.75) is 45.3 Å². The van der Waals surface area contributed by atoms with Crippen molar-refractivity contribution in [1.82, 2.24) is 9.97 Å². The number of hydrogen-bond acceptors (Lipinski definition) is 3. The van der Waals surface area contributed by atoms with E-state index in [4.69, 9.17) is 4.98 Å². The van der Waals surface area contributed by atoms with E-state index in [2.05, 4.69) is 85.3 Å². The van der Waals surface area contributed by atoms with E-state index in [0.717, 1.165) is 28.4 Å². The Morgan fingerprint density at radius 2 is 1.70 bits per heavy atom. The molecule has 0 aliphatic heterocycles. The topological polar surface area (TPSA) is 25.8 Å². The third-order valence-corrected chi connectivity index (χ3v) is 10.5. The Morgan fingerprint density at radius 1 is 0.850 bits per heavy atom. The summed E-state index contributed by atoms with van der Waals surface area (Å²) < 4.78 is 2.72. The molecule has 1 radical (unpaired) electrons. The minimum atomic E-state index is -1.41. The maximum absolute atomic E-state index is 4.70. The van der Waals surface area contributed by atoms with E-state index < -0.39 is 8.07 Å². The summed E-state index contributed by atoms with van der Waals surface area (Å²) in [4.78, 5) is 9.01. The second-order valence-electron chi connectivity index (χ2n) is 11.4. The van der Waals surface area contributed by atoms with Crippen molar-refractivity contribution >= 4 is 44.8 Å². The van der Waals surface area contributed by atoms with Gasteiger partial charge in [0.2, 0.25) is 0 Å². The van der Waals surface area contributed by atoms with Gasteiger partial charge in [0.15, 0.2) is 0 Å². The number of pyridine rings is 2. The van der Waals surface area contributed by atoms with Crippen molar-refractivity contribution in [3.05, 3.63) is 115 Å². The van der Waals surface area contributed by atoms with Crippen LogP contribution in [0.4, 0.5) is 0 Å². The Hall–Kier alpha value is -2.95. The van der Waals surface area contributed by atoms with Crippen molar-refractivity contribution in [2.75, 3.05) is 0 Å². The molecule has 1 fully saturated rings. The summed E-state index contributed by atoms with van der Waals surface area (Å²) in [6.45, 7) is 9.33. The Labute approximate surface area is 255 Å². The molecular formula is C35H32IrN2SSi-2. The summed E-state index contributed by atoms with van der Waals surface area (Å²) in [6.07, 6.45) is 6.48. The van der Waals surface area contributed by atoms with Crippen molar-refractivity contribution in [2.24, 2.45) is 0 Å². The summed E-state index contributed by atoms with van der Waals surface area (Å²) in [7, 11) is -1.41. The minimum Gasteiger partial charge on any atom is -0.305 e. The zero-order valence-electron chi connectivity index (χ0n) is 23.3. The first-order valence-electron chi connectivity index (χ1n) is 13.6. The first-order chi connectivity index (χ1) is 18.9. The quantitative estimate of drug-likeness (QED) is 0.134. The maximum Gasteiger partial charge on any atom is 0.0783 e. The molecule has 1 saturated carbocycles. The van der Waals surface area contributed by atoms with Crippen LogP contribution in [0, 0.1) is 19.1 Å². The van der Waals surface area contributed by atoms with Crippen LogP contribution >= 0.6 is 11.3 Å². The van der Waals surface area contributed by atoms with E-state index in [0.29, 0.717) is 0 Å². The van der Waals surface area contributed by atoms with Gasteiger partial charge in [-0.2, -0.15) is 11.3 Å². The summed E-state index contributed by atoms with van der Waals surface area (Å²) in [5.74, 6) is 0.747. The molecule has 6 aromatic rings. The van der Waals surface area contributed by atoms with Crippen molar-refractivity contribution in [1.29, 1.82) is 0 Å².